The third kappa shape index (κ3) is 8.98. The molecule has 0 aliphatic carbocycles. The fourth-order valence-corrected chi connectivity index (χ4v) is 2.54. The lowest BCUT2D eigenvalue weighted by Gasteiger charge is -2.13. The van der Waals surface area contributed by atoms with Crippen LogP contribution in [0.15, 0.2) is 53.5 Å². The van der Waals surface area contributed by atoms with Crippen LogP contribution in [0.2, 0.25) is 0 Å². The molecule has 0 aliphatic heterocycles. The van der Waals surface area contributed by atoms with Gasteiger partial charge in [0.25, 0.3) is 5.91 Å². The van der Waals surface area contributed by atoms with E-state index in [-0.39, 0.29) is 42.3 Å². The third-order valence-corrected chi connectivity index (χ3v) is 4.17. The molecule has 0 saturated heterocycles. The van der Waals surface area contributed by atoms with Crippen LogP contribution >= 0.6 is 24.0 Å². The minimum absolute atomic E-state index is 0. The Morgan fingerprint density at radius 3 is 2.60 bits per heavy atom. The van der Waals surface area contributed by atoms with Crippen molar-refractivity contribution in [2.24, 2.45) is 4.99 Å². The number of likely N-dealkylation sites (N-methyl/N-ethyl adjacent to an activating group) is 1. The quantitative estimate of drug-likeness (QED) is 0.298. The standard InChI is InChI=1S/C22H29FN4O2.HI/c1-4-24-22(25-13-12-18-9-5-6-11-20(18)23)26-15-17-8-7-10-19(14-17)29-16-21(28)27(2)3;/h5-11,14H,4,12-13,15-16H2,1-3H3,(H2,24,25,26);1H. The molecule has 2 rings (SSSR count). The Bertz CT molecular complexity index is 830. The van der Waals surface area contributed by atoms with Gasteiger partial charge in [0.1, 0.15) is 11.6 Å². The van der Waals surface area contributed by atoms with Gasteiger partial charge >= 0.3 is 0 Å². The summed E-state index contributed by atoms with van der Waals surface area (Å²) in [5.74, 6) is 1.01. The van der Waals surface area contributed by atoms with Crippen LogP contribution in [0.5, 0.6) is 5.75 Å². The molecule has 0 fully saturated rings. The lowest BCUT2D eigenvalue weighted by atomic mass is 10.1. The number of rotatable bonds is 9. The van der Waals surface area contributed by atoms with Crippen molar-refractivity contribution in [2.45, 2.75) is 19.9 Å². The number of ether oxygens (including phenoxy) is 1. The molecule has 0 bridgehead atoms. The topological polar surface area (TPSA) is 66.0 Å². The van der Waals surface area contributed by atoms with Gasteiger partial charge in [0, 0.05) is 27.2 Å². The van der Waals surface area contributed by atoms with Crippen molar-refractivity contribution in [1.29, 1.82) is 0 Å². The molecule has 2 aromatic carbocycles. The zero-order valence-corrected chi connectivity index (χ0v) is 20.0. The molecule has 0 atom stereocenters. The summed E-state index contributed by atoms with van der Waals surface area (Å²) >= 11 is 0. The van der Waals surface area contributed by atoms with Crippen LogP contribution in [-0.4, -0.2) is 50.6 Å². The van der Waals surface area contributed by atoms with Crippen molar-refractivity contribution >= 4 is 35.8 Å². The highest BCUT2D eigenvalue weighted by molar-refractivity contribution is 14.0. The lowest BCUT2D eigenvalue weighted by Crippen LogP contribution is -2.38. The normalized spacial score (nSPS) is 10.7. The zero-order valence-electron chi connectivity index (χ0n) is 17.7. The van der Waals surface area contributed by atoms with E-state index in [2.05, 4.69) is 15.6 Å². The van der Waals surface area contributed by atoms with E-state index in [1.54, 1.807) is 26.2 Å². The molecule has 0 saturated carbocycles. The zero-order chi connectivity index (χ0) is 21.1. The van der Waals surface area contributed by atoms with Gasteiger partial charge in [0.2, 0.25) is 0 Å². The summed E-state index contributed by atoms with van der Waals surface area (Å²) in [6, 6.07) is 14.3. The number of nitrogens with zero attached hydrogens (tertiary/aromatic N) is 2. The van der Waals surface area contributed by atoms with Gasteiger partial charge in [-0.1, -0.05) is 30.3 Å². The molecule has 2 N–H and O–H groups in total. The van der Waals surface area contributed by atoms with Gasteiger partial charge in [-0.2, -0.15) is 0 Å². The number of benzene rings is 2. The Morgan fingerprint density at radius 1 is 1.13 bits per heavy atom. The third-order valence-electron chi connectivity index (χ3n) is 4.17. The molecule has 2 aromatic rings. The van der Waals surface area contributed by atoms with Crippen molar-refractivity contribution in [1.82, 2.24) is 15.5 Å². The molecule has 1 amide bonds. The summed E-state index contributed by atoms with van der Waals surface area (Å²) in [4.78, 5) is 17.7. The van der Waals surface area contributed by atoms with Gasteiger partial charge in [0.05, 0.1) is 6.54 Å². The highest BCUT2D eigenvalue weighted by Crippen LogP contribution is 2.14. The first-order chi connectivity index (χ1) is 14.0. The van der Waals surface area contributed by atoms with E-state index < -0.39 is 0 Å². The largest absolute Gasteiger partial charge is 0.484 e. The molecule has 8 heteroatoms. The van der Waals surface area contributed by atoms with Gasteiger partial charge in [-0.05, 0) is 42.7 Å². The summed E-state index contributed by atoms with van der Waals surface area (Å²) in [5.41, 5.74) is 1.64. The minimum Gasteiger partial charge on any atom is -0.484 e. The van der Waals surface area contributed by atoms with Crippen LogP contribution < -0.4 is 15.4 Å². The molecule has 0 unspecified atom stereocenters. The average Bonchev–Trinajstić information content (AvgIpc) is 2.71. The summed E-state index contributed by atoms with van der Waals surface area (Å²) in [5, 5.41) is 6.41. The lowest BCUT2D eigenvalue weighted by molar-refractivity contribution is -0.130. The maximum atomic E-state index is 13.7. The van der Waals surface area contributed by atoms with E-state index in [1.807, 2.05) is 37.3 Å². The molecule has 0 radical (unpaired) electrons. The minimum atomic E-state index is -0.194. The van der Waals surface area contributed by atoms with Gasteiger partial charge in [-0.3, -0.25) is 4.79 Å². The molecular formula is C22H30FIN4O2. The van der Waals surface area contributed by atoms with Gasteiger partial charge in [-0.15, -0.1) is 24.0 Å². The first-order valence-corrected chi connectivity index (χ1v) is 9.67. The first kappa shape index (κ1) is 25.7. The van der Waals surface area contributed by atoms with Crippen LogP contribution in [0.25, 0.3) is 0 Å². The number of hydrogen-bond donors (Lipinski definition) is 2. The van der Waals surface area contributed by atoms with E-state index >= 15 is 0 Å². The number of carbonyl (C=O) groups excluding carboxylic acids is 1. The molecule has 0 spiro atoms. The number of hydrogen-bond acceptors (Lipinski definition) is 3. The molecular weight excluding hydrogens is 498 g/mol. The average molecular weight is 528 g/mol. The van der Waals surface area contributed by atoms with Crippen LogP contribution in [0, 0.1) is 5.82 Å². The number of nitrogens with one attached hydrogen (secondary N) is 2. The van der Waals surface area contributed by atoms with Crippen LogP contribution in [0.3, 0.4) is 0 Å². The number of amides is 1. The Morgan fingerprint density at radius 2 is 1.90 bits per heavy atom. The van der Waals surface area contributed by atoms with Gasteiger partial charge < -0.3 is 20.3 Å². The maximum absolute atomic E-state index is 13.7. The van der Waals surface area contributed by atoms with E-state index in [0.29, 0.717) is 36.8 Å². The Hall–Kier alpha value is -2.36. The Kier molecular flexibility index (Phi) is 11.8. The van der Waals surface area contributed by atoms with Crippen LogP contribution in [-0.2, 0) is 17.8 Å². The first-order valence-electron chi connectivity index (χ1n) is 9.67. The molecule has 164 valence electrons. The van der Waals surface area contributed by atoms with Crippen molar-refractivity contribution in [3.05, 3.63) is 65.5 Å². The number of halogens is 2. The second-order valence-corrected chi connectivity index (χ2v) is 6.69. The SMILES string of the molecule is CCNC(=NCc1cccc(OCC(=O)N(C)C)c1)NCCc1ccccc1F.I. The monoisotopic (exact) mass is 528 g/mol. The van der Waals surface area contributed by atoms with E-state index in [1.165, 1.54) is 11.0 Å². The van der Waals surface area contributed by atoms with Crippen molar-refractivity contribution in [3.63, 3.8) is 0 Å². The predicted octanol–water partition coefficient (Wildman–Crippen LogP) is 3.21. The number of guanidine groups is 1. The summed E-state index contributed by atoms with van der Waals surface area (Å²) < 4.78 is 19.3. The summed E-state index contributed by atoms with van der Waals surface area (Å²) in [6.07, 6.45) is 0.570. The van der Waals surface area contributed by atoms with Crippen molar-refractivity contribution < 1.29 is 13.9 Å². The van der Waals surface area contributed by atoms with Crippen LogP contribution in [0.4, 0.5) is 4.39 Å². The van der Waals surface area contributed by atoms with Crippen molar-refractivity contribution in [2.75, 3.05) is 33.8 Å². The molecule has 0 aromatic heterocycles. The van der Waals surface area contributed by atoms with E-state index in [9.17, 15) is 9.18 Å². The summed E-state index contributed by atoms with van der Waals surface area (Å²) in [7, 11) is 3.39. The molecule has 6 nitrogen and oxygen atoms in total. The van der Waals surface area contributed by atoms with E-state index in [0.717, 1.165) is 12.1 Å². The summed E-state index contributed by atoms with van der Waals surface area (Å²) in [6.45, 7) is 3.74. The van der Waals surface area contributed by atoms with Crippen LogP contribution in [0.1, 0.15) is 18.1 Å². The van der Waals surface area contributed by atoms with Crippen molar-refractivity contribution in [3.8, 4) is 5.75 Å². The maximum Gasteiger partial charge on any atom is 0.259 e. The second-order valence-electron chi connectivity index (χ2n) is 6.69. The highest BCUT2D eigenvalue weighted by atomic mass is 127. The second kappa shape index (κ2) is 13.8. The van der Waals surface area contributed by atoms with Gasteiger partial charge in [-0.25, -0.2) is 9.38 Å². The molecule has 0 aliphatic rings. The number of aliphatic imine (C=N–C) groups is 1. The van der Waals surface area contributed by atoms with E-state index in [4.69, 9.17) is 4.74 Å². The molecule has 30 heavy (non-hydrogen) atoms. The predicted molar refractivity (Wildman–Crippen MR) is 129 cm³/mol. The highest BCUT2D eigenvalue weighted by Gasteiger charge is 2.06. The number of carbonyl (C=O) groups is 1. The Labute approximate surface area is 194 Å². The Balaban J connectivity index is 0.00000450. The smallest absolute Gasteiger partial charge is 0.259 e. The molecule has 0 heterocycles. The fraction of sp³-hybridized carbons (Fsp3) is 0.364. The fourth-order valence-electron chi connectivity index (χ4n) is 2.54. The van der Waals surface area contributed by atoms with Gasteiger partial charge in [0.15, 0.2) is 12.6 Å².